The van der Waals surface area contributed by atoms with Gasteiger partial charge in [0.1, 0.15) is 5.69 Å². The molecule has 2 rings (SSSR count). The van der Waals surface area contributed by atoms with Crippen LogP contribution in [0.4, 0.5) is 11.6 Å². The van der Waals surface area contributed by atoms with Gasteiger partial charge in [0.15, 0.2) is 5.78 Å². The fourth-order valence-electron chi connectivity index (χ4n) is 1.72. The van der Waals surface area contributed by atoms with E-state index in [1.165, 1.54) is 19.2 Å². The third kappa shape index (κ3) is 3.99. The van der Waals surface area contributed by atoms with Crippen LogP contribution in [0, 0.1) is 0 Å². The summed E-state index contributed by atoms with van der Waals surface area (Å²) in [6.45, 7) is 5.42. The Morgan fingerprint density at radius 3 is 2.59 bits per heavy atom. The molecule has 1 aromatic heterocycles. The number of rotatable bonds is 6. The zero-order chi connectivity index (χ0) is 15.9. The van der Waals surface area contributed by atoms with Crippen molar-refractivity contribution >= 4 is 23.3 Å². The normalized spacial score (nSPS) is 9.86. The summed E-state index contributed by atoms with van der Waals surface area (Å²) in [6.07, 6.45) is 3.09. The van der Waals surface area contributed by atoms with E-state index in [1.54, 1.807) is 30.3 Å². The van der Waals surface area contributed by atoms with E-state index in [0.717, 1.165) is 5.69 Å². The van der Waals surface area contributed by atoms with Crippen molar-refractivity contribution in [3.8, 4) is 0 Å². The Labute approximate surface area is 128 Å². The van der Waals surface area contributed by atoms with E-state index < -0.39 is 0 Å². The summed E-state index contributed by atoms with van der Waals surface area (Å²) >= 11 is 0. The van der Waals surface area contributed by atoms with Gasteiger partial charge in [0.25, 0.3) is 5.91 Å². The van der Waals surface area contributed by atoms with Crippen LogP contribution < -0.4 is 10.6 Å². The van der Waals surface area contributed by atoms with E-state index in [-0.39, 0.29) is 17.4 Å². The molecule has 22 heavy (non-hydrogen) atoms. The van der Waals surface area contributed by atoms with Gasteiger partial charge in [0.05, 0.1) is 0 Å². The fourth-order valence-corrected chi connectivity index (χ4v) is 1.72. The Morgan fingerprint density at radius 2 is 1.95 bits per heavy atom. The molecule has 0 radical (unpaired) electrons. The summed E-state index contributed by atoms with van der Waals surface area (Å²) < 4.78 is 0. The van der Waals surface area contributed by atoms with Gasteiger partial charge < -0.3 is 10.6 Å². The van der Waals surface area contributed by atoms with Crippen LogP contribution in [0.2, 0.25) is 0 Å². The Morgan fingerprint density at radius 1 is 1.23 bits per heavy atom. The maximum Gasteiger partial charge on any atom is 0.270 e. The first kappa shape index (κ1) is 15.4. The lowest BCUT2D eigenvalue weighted by Gasteiger charge is -2.07. The van der Waals surface area contributed by atoms with Crippen LogP contribution in [0.25, 0.3) is 0 Å². The number of amides is 1. The SMILES string of the molecule is C=CCNC(=O)c1ccnc(Nc2ccc(C(C)=O)cc2)n1. The molecule has 1 aromatic carbocycles. The number of anilines is 2. The molecule has 112 valence electrons. The van der Waals surface area contributed by atoms with Gasteiger partial charge in [0.2, 0.25) is 5.95 Å². The predicted molar refractivity (Wildman–Crippen MR) is 84.3 cm³/mol. The van der Waals surface area contributed by atoms with E-state index >= 15 is 0 Å². The molecule has 0 aliphatic rings. The van der Waals surface area contributed by atoms with Crippen molar-refractivity contribution in [3.05, 3.63) is 60.4 Å². The first-order valence-electron chi connectivity index (χ1n) is 6.70. The largest absolute Gasteiger partial charge is 0.347 e. The average Bonchev–Trinajstić information content (AvgIpc) is 2.53. The molecule has 2 aromatic rings. The smallest absolute Gasteiger partial charge is 0.270 e. The van der Waals surface area contributed by atoms with Gasteiger partial charge in [-0.3, -0.25) is 9.59 Å². The lowest BCUT2D eigenvalue weighted by atomic mass is 10.1. The number of aromatic nitrogens is 2. The molecule has 2 N–H and O–H groups in total. The third-order valence-corrected chi connectivity index (χ3v) is 2.84. The van der Waals surface area contributed by atoms with E-state index in [9.17, 15) is 9.59 Å². The van der Waals surface area contributed by atoms with Crippen molar-refractivity contribution in [1.29, 1.82) is 0 Å². The van der Waals surface area contributed by atoms with E-state index in [0.29, 0.717) is 18.1 Å². The van der Waals surface area contributed by atoms with Gasteiger partial charge in [-0.05, 0) is 37.3 Å². The van der Waals surface area contributed by atoms with Crippen LogP contribution in [-0.2, 0) is 0 Å². The van der Waals surface area contributed by atoms with Crippen LogP contribution >= 0.6 is 0 Å². The molecule has 0 unspecified atom stereocenters. The highest BCUT2D eigenvalue weighted by atomic mass is 16.1. The molecule has 6 nitrogen and oxygen atoms in total. The number of benzene rings is 1. The van der Waals surface area contributed by atoms with Crippen molar-refractivity contribution in [3.63, 3.8) is 0 Å². The number of hydrogen-bond donors (Lipinski definition) is 2. The van der Waals surface area contributed by atoms with Gasteiger partial charge in [-0.2, -0.15) is 0 Å². The number of carbonyl (C=O) groups excluding carboxylic acids is 2. The van der Waals surface area contributed by atoms with Crippen LogP contribution in [0.15, 0.2) is 49.2 Å². The predicted octanol–water partition coefficient (Wildman–Crippen LogP) is 2.34. The number of ketones is 1. The second kappa shape index (κ2) is 7.12. The van der Waals surface area contributed by atoms with Crippen molar-refractivity contribution in [2.45, 2.75) is 6.92 Å². The number of Topliss-reactive ketones (excluding diaryl/α,β-unsaturated/α-hetero) is 1. The molecule has 0 aliphatic carbocycles. The fraction of sp³-hybridized carbons (Fsp3) is 0.125. The molecule has 0 spiro atoms. The third-order valence-electron chi connectivity index (χ3n) is 2.84. The minimum atomic E-state index is -0.294. The maximum absolute atomic E-state index is 11.8. The molecule has 0 saturated heterocycles. The second-order valence-electron chi connectivity index (χ2n) is 4.52. The molecule has 1 heterocycles. The number of nitrogens with zero attached hydrogens (tertiary/aromatic N) is 2. The summed E-state index contributed by atoms with van der Waals surface area (Å²) in [5.74, 6) is 0.0165. The van der Waals surface area contributed by atoms with E-state index in [2.05, 4.69) is 27.2 Å². The van der Waals surface area contributed by atoms with Crippen molar-refractivity contribution in [1.82, 2.24) is 15.3 Å². The molecule has 6 heteroatoms. The number of nitrogens with one attached hydrogen (secondary N) is 2. The Kier molecular flexibility index (Phi) is 4.98. The monoisotopic (exact) mass is 296 g/mol. The van der Waals surface area contributed by atoms with Gasteiger partial charge in [-0.15, -0.1) is 6.58 Å². The summed E-state index contributed by atoms with van der Waals surface area (Å²) in [4.78, 5) is 31.2. The summed E-state index contributed by atoms with van der Waals surface area (Å²) in [5.41, 5.74) is 1.62. The summed E-state index contributed by atoms with van der Waals surface area (Å²) in [6, 6.07) is 8.47. The Hall–Kier alpha value is -3.02. The van der Waals surface area contributed by atoms with E-state index in [4.69, 9.17) is 0 Å². The molecule has 0 saturated carbocycles. The minimum Gasteiger partial charge on any atom is -0.347 e. The standard InChI is InChI=1S/C16H16N4O2/c1-3-9-17-15(22)14-8-10-18-16(20-14)19-13-6-4-12(5-7-13)11(2)21/h3-8,10H,1,9H2,2H3,(H,17,22)(H,18,19,20). The van der Waals surface area contributed by atoms with Crippen LogP contribution in [0.5, 0.6) is 0 Å². The summed E-state index contributed by atoms with van der Waals surface area (Å²) in [7, 11) is 0. The second-order valence-corrected chi connectivity index (χ2v) is 4.52. The summed E-state index contributed by atoms with van der Waals surface area (Å²) in [5, 5.41) is 5.63. The zero-order valence-electron chi connectivity index (χ0n) is 12.2. The van der Waals surface area contributed by atoms with Gasteiger partial charge in [-0.25, -0.2) is 9.97 Å². The lowest BCUT2D eigenvalue weighted by molar-refractivity contribution is 0.0952. The van der Waals surface area contributed by atoms with Crippen molar-refractivity contribution in [2.75, 3.05) is 11.9 Å². The lowest BCUT2D eigenvalue weighted by Crippen LogP contribution is -2.24. The molecule has 0 bridgehead atoms. The minimum absolute atomic E-state index is 0.00341. The van der Waals surface area contributed by atoms with Gasteiger partial charge in [0, 0.05) is 24.0 Å². The highest BCUT2D eigenvalue weighted by Gasteiger charge is 2.08. The van der Waals surface area contributed by atoms with Gasteiger partial charge >= 0.3 is 0 Å². The van der Waals surface area contributed by atoms with Crippen LogP contribution in [-0.4, -0.2) is 28.2 Å². The van der Waals surface area contributed by atoms with Gasteiger partial charge in [-0.1, -0.05) is 6.08 Å². The zero-order valence-corrected chi connectivity index (χ0v) is 12.2. The first-order valence-corrected chi connectivity index (χ1v) is 6.70. The number of hydrogen-bond acceptors (Lipinski definition) is 5. The molecule has 0 atom stereocenters. The Bertz CT molecular complexity index is 696. The highest BCUT2D eigenvalue weighted by Crippen LogP contribution is 2.14. The van der Waals surface area contributed by atoms with Crippen LogP contribution in [0.1, 0.15) is 27.8 Å². The number of carbonyl (C=O) groups is 2. The quantitative estimate of drug-likeness (QED) is 0.631. The highest BCUT2D eigenvalue weighted by molar-refractivity contribution is 5.94. The molecular formula is C16H16N4O2. The molecular weight excluding hydrogens is 280 g/mol. The van der Waals surface area contributed by atoms with Crippen LogP contribution in [0.3, 0.4) is 0 Å². The topological polar surface area (TPSA) is 84.0 Å². The first-order chi connectivity index (χ1) is 10.6. The Balaban J connectivity index is 2.11. The maximum atomic E-state index is 11.8. The van der Waals surface area contributed by atoms with Crippen molar-refractivity contribution in [2.24, 2.45) is 0 Å². The molecule has 0 aliphatic heterocycles. The molecule has 1 amide bonds. The van der Waals surface area contributed by atoms with E-state index in [1.807, 2.05) is 0 Å². The molecule has 0 fully saturated rings. The van der Waals surface area contributed by atoms with Crippen molar-refractivity contribution < 1.29 is 9.59 Å². The average molecular weight is 296 g/mol.